The SMILES string of the molecule is COc1cccc(C(=O)NC[C@@H](c2cccc(F)c2)N(C)C)c1OC. The Labute approximate surface area is 147 Å². The first-order chi connectivity index (χ1) is 12.0. The summed E-state index contributed by atoms with van der Waals surface area (Å²) in [4.78, 5) is 14.5. The molecule has 0 aliphatic heterocycles. The third-order valence-corrected chi connectivity index (χ3v) is 3.96. The van der Waals surface area contributed by atoms with Gasteiger partial charge in [0.25, 0.3) is 5.91 Å². The van der Waals surface area contributed by atoms with Crippen molar-refractivity contribution in [2.24, 2.45) is 0 Å². The van der Waals surface area contributed by atoms with Crippen molar-refractivity contribution in [1.29, 1.82) is 0 Å². The van der Waals surface area contributed by atoms with Crippen LogP contribution in [-0.4, -0.2) is 45.7 Å². The lowest BCUT2D eigenvalue weighted by atomic mass is 10.1. The summed E-state index contributed by atoms with van der Waals surface area (Å²) in [6, 6.07) is 11.3. The number of halogens is 1. The van der Waals surface area contributed by atoms with Gasteiger partial charge >= 0.3 is 0 Å². The Kier molecular flexibility index (Phi) is 6.36. The Balaban J connectivity index is 2.17. The van der Waals surface area contributed by atoms with Crippen molar-refractivity contribution >= 4 is 5.91 Å². The fourth-order valence-corrected chi connectivity index (χ4v) is 2.66. The van der Waals surface area contributed by atoms with Crippen LogP contribution in [0.1, 0.15) is 22.0 Å². The standard InChI is InChI=1S/C19H23FN2O3/c1-22(2)16(13-7-5-8-14(20)11-13)12-21-19(23)15-9-6-10-17(24-3)18(15)25-4/h5-11,16H,12H2,1-4H3,(H,21,23)/t16-/m0/s1. The minimum absolute atomic E-state index is 0.156. The van der Waals surface area contributed by atoms with Crippen LogP contribution >= 0.6 is 0 Å². The quantitative estimate of drug-likeness (QED) is 0.838. The van der Waals surface area contributed by atoms with Crippen molar-refractivity contribution in [3.63, 3.8) is 0 Å². The molecule has 2 aromatic rings. The van der Waals surface area contributed by atoms with Gasteiger partial charge in [0.2, 0.25) is 0 Å². The fraction of sp³-hybridized carbons (Fsp3) is 0.316. The number of carbonyl (C=O) groups is 1. The van der Waals surface area contributed by atoms with Crippen LogP contribution in [0.25, 0.3) is 0 Å². The van der Waals surface area contributed by atoms with Crippen LogP contribution in [0, 0.1) is 5.82 Å². The highest BCUT2D eigenvalue weighted by molar-refractivity contribution is 5.97. The maximum absolute atomic E-state index is 13.5. The number of ether oxygens (including phenoxy) is 2. The molecule has 0 bridgehead atoms. The van der Waals surface area contributed by atoms with E-state index < -0.39 is 0 Å². The van der Waals surface area contributed by atoms with Crippen molar-refractivity contribution in [2.75, 3.05) is 34.9 Å². The van der Waals surface area contributed by atoms with Crippen LogP contribution in [0.2, 0.25) is 0 Å². The van der Waals surface area contributed by atoms with E-state index in [9.17, 15) is 9.18 Å². The Morgan fingerprint density at radius 3 is 2.48 bits per heavy atom. The van der Waals surface area contributed by atoms with Gasteiger partial charge in [-0.1, -0.05) is 18.2 Å². The van der Waals surface area contributed by atoms with E-state index in [1.807, 2.05) is 25.1 Å². The lowest BCUT2D eigenvalue weighted by Gasteiger charge is -2.25. The molecule has 0 unspecified atom stereocenters. The average Bonchev–Trinajstić information content (AvgIpc) is 2.60. The molecular weight excluding hydrogens is 323 g/mol. The number of benzene rings is 2. The molecule has 0 spiro atoms. The zero-order chi connectivity index (χ0) is 18.4. The van der Waals surface area contributed by atoms with E-state index in [2.05, 4.69) is 5.32 Å². The first-order valence-electron chi connectivity index (χ1n) is 7.89. The predicted molar refractivity (Wildman–Crippen MR) is 94.7 cm³/mol. The molecule has 0 radical (unpaired) electrons. The predicted octanol–water partition coefficient (Wildman–Crippen LogP) is 2.88. The second-order valence-corrected chi connectivity index (χ2v) is 5.79. The van der Waals surface area contributed by atoms with Crippen LogP contribution in [-0.2, 0) is 0 Å². The molecule has 0 aliphatic rings. The van der Waals surface area contributed by atoms with E-state index >= 15 is 0 Å². The first-order valence-corrected chi connectivity index (χ1v) is 7.89. The van der Waals surface area contributed by atoms with Crippen molar-refractivity contribution in [3.8, 4) is 11.5 Å². The van der Waals surface area contributed by atoms with Crippen LogP contribution in [0.5, 0.6) is 11.5 Å². The molecule has 6 heteroatoms. The zero-order valence-electron chi connectivity index (χ0n) is 14.9. The molecule has 0 saturated carbocycles. The maximum Gasteiger partial charge on any atom is 0.255 e. The third kappa shape index (κ3) is 4.48. The van der Waals surface area contributed by atoms with Crippen molar-refractivity contribution in [1.82, 2.24) is 10.2 Å². The number of carbonyl (C=O) groups excluding carboxylic acids is 1. The van der Waals surface area contributed by atoms with E-state index in [1.54, 1.807) is 24.3 Å². The number of likely N-dealkylation sites (N-methyl/N-ethyl adjacent to an activating group) is 1. The molecule has 0 fully saturated rings. The zero-order valence-corrected chi connectivity index (χ0v) is 14.9. The highest BCUT2D eigenvalue weighted by atomic mass is 19.1. The van der Waals surface area contributed by atoms with E-state index in [-0.39, 0.29) is 17.8 Å². The monoisotopic (exact) mass is 346 g/mol. The highest BCUT2D eigenvalue weighted by Gasteiger charge is 2.19. The van der Waals surface area contributed by atoms with Gasteiger partial charge in [0.15, 0.2) is 11.5 Å². The average molecular weight is 346 g/mol. The van der Waals surface area contributed by atoms with Gasteiger partial charge in [-0.25, -0.2) is 4.39 Å². The number of para-hydroxylation sites is 1. The summed E-state index contributed by atoms with van der Waals surface area (Å²) in [6.45, 7) is 0.329. The molecule has 2 rings (SSSR count). The van der Waals surface area contributed by atoms with Crippen molar-refractivity contribution < 1.29 is 18.7 Å². The van der Waals surface area contributed by atoms with Crippen LogP contribution < -0.4 is 14.8 Å². The van der Waals surface area contributed by atoms with Gasteiger partial charge in [-0.2, -0.15) is 0 Å². The second-order valence-electron chi connectivity index (χ2n) is 5.79. The fourth-order valence-electron chi connectivity index (χ4n) is 2.66. The van der Waals surface area contributed by atoms with Gasteiger partial charge in [-0.15, -0.1) is 0 Å². The minimum Gasteiger partial charge on any atom is -0.493 e. The van der Waals surface area contributed by atoms with Crippen LogP contribution in [0.4, 0.5) is 4.39 Å². The molecule has 0 saturated heterocycles. The lowest BCUT2D eigenvalue weighted by molar-refractivity contribution is 0.0938. The third-order valence-electron chi connectivity index (χ3n) is 3.96. The Hall–Kier alpha value is -2.60. The maximum atomic E-state index is 13.5. The summed E-state index contributed by atoms with van der Waals surface area (Å²) in [7, 11) is 6.78. The Morgan fingerprint density at radius 2 is 1.88 bits per heavy atom. The highest BCUT2D eigenvalue weighted by Crippen LogP contribution is 2.30. The number of hydrogen-bond acceptors (Lipinski definition) is 4. The number of nitrogens with zero attached hydrogens (tertiary/aromatic N) is 1. The second kappa shape index (κ2) is 8.48. The van der Waals surface area contributed by atoms with E-state index in [0.717, 1.165) is 5.56 Å². The number of rotatable bonds is 7. The summed E-state index contributed by atoms with van der Waals surface area (Å²) < 4.78 is 24.0. The minimum atomic E-state index is -0.301. The summed E-state index contributed by atoms with van der Waals surface area (Å²) in [6.07, 6.45) is 0. The Morgan fingerprint density at radius 1 is 1.16 bits per heavy atom. The summed E-state index contributed by atoms with van der Waals surface area (Å²) in [5.74, 6) is 0.295. The van der Waals surface area contributed by atoms with Crippen molar-refractivity contribution in [3.05, 3.63) is 59.4 Å². The first kappa shape index (κ1) is 18.7. The molecule has 134 valence electrons. The number of hydrogen-bond donors (Lipinski definition) is 1. The molecule has 0 heterocycles. The van der Waals surface area contributed by atoms with E-state index in [4.69, 9.17) is 9.47 Å². The largest absolute Gasteiger partial charge is 0.493 e. The van der Waals surface area contributed by atoms with Crippen LogP contribution in [0.3, 0.4) is 0 Å². The Bertz CT molecular complexity index is 734. The molecule has 2 aromatic carbocycles. The molecule has 1 atom stereocenters. The molecule has 1 N–H and O–H groups in total. The summed E-state index contributed by atoms with van der Waals surface area (Å²) in [5, 5.41) is 2.89. The number of nitrogens with one attached hydrogen (secondary N) is 1. The number of amides is 1. The van der Waals surface area contributed by atoms with E-state index in [1.165, 1.54) is 26.4 Å². The van der Waals surface area contributed by atoms with Gasteiger partial charge in [0.05, 0.1) is 25.8 Å². The summed E-state index contributed by atoms with van der Waals surface area (Å²) in [5.41, 5.74) is 1.18. The molecule has 25 heavy (non-hydrogen) atoms. The van der Waals surface area contributed by atoms with Gasteiger partial charge < -0.3 is 19.7 Å². The van der Waals surface area contributed by atoms with Crippen LogP contribution in [0.15, 0.2) is 42.5 Å². The molecule has 0 aliphatic carbocycles. The lowest BCUT2D eigenvalue weighted by Crippen LogP contribution is -2.34. The molecule has 1 amide bonds. The van der Waals surface area contributed by atoms with Gasteiger partial charge in [0.1, 0.15) is 5.82 Å². The topological polar surface area (TPSA) is 50.8 Å². The summed E-state index contributed by atoms with van der Waals surface area (Å²) >= 11 is 0. The van der Waals surface area contributed by atoms with Gasteiger partial charge in [-0.05, 0) is 43.9 Å². The van der Waals surface area contributed by atoms with Crippen molar-refractivity contribution in [2.45, 2.75) is 6.04 Å². The molecule has 0 aromatic heterocycles. The van der Waals surface area contributed by atoms with Gasteiger partial charge in [-0.3, -0.25) is 4.79 Å². The number of methoxy groups -OCH3 is 2. The molecular formula is C19H23FN2O3. The normalized spacial score (nSPS) is 11.9. The van der Waals surface area contributed by atoms with E-state index in [0.29, 0.717) is 23.6 Å². The van der Waals surface area contributed by atoms with Gasteiger partial charge in [0, 0.05) is 6.54 Å². The molecule has 5 nitrogen and oxygen atoms in total. The smallest absolute Gasteiger partial charge is 0.255 e.